The van der Waals surface area contributed by atoms with Gasteiger partial charge >= 0.3 is 0 Å². The van der Waals surface area contributed by atoms with Crippen molar-refractivity contribution in [1.82, 2.24) is 10.2 Å². The lowest BCUT2D eigenvalue weighted by atomic mass is 10.1. The molecule has 0 atom stereocenters. The number of nitrogens with one attached hydrogen (secondary N) is 2. The number of hydrogen-bond donors (Lipinski definition) is 2. The Kier molecular flexibility index (Phi) is 8.76. The SMILES string of the molecule is CCN(CC)Cc1ccccc1CNC(=O)c1cc(NC(=O)c2ccc(F)cc2)cc(OC)c1. The summed E-state index contributed by atoms with van der Waals surface area (Å²) in [6, 6.07) is 18.1. The van der Waals surface area contributed by atoms with E-state index in [-0.39, 0.29) is 5.91 Å². The number of benzene rings is 3. The standard InChI is InChI=1S/C27H30FN3O3/c1-4-31(5-2)18-21-9-7-6-8-20(21)17-29-26(32)22-14-24(16-25(15-22)34-3)30-27(33)19-10-12-23(28)13-11-19/h6-16H,4-5,17-18H2,1-3H3,(H,29,32)(H,30,33). The fourth-order valence-corrected chi connectivity index (χ4v) is 3.57. The lowest BCUT2D eigenvalue weighted by Gasteiger charge is -2.20. The Morgan fingerprint density at radius 2 is 1.56 bits per heavy atom. The van der Waals surface area contributed by atoms with Gasteiger partial charge in [0.15, 0.2) is 0 Å². The highest BCUT2D eigenvalue weighted by Gasteiger charge is 2.13. The zero-order chi connectivity index (χ0) is 24.5. The maximum absolute atomic E-state index is 13.1. The van der Waals surface area contributed by atoms with Crippen LogP contribution in [0.2, 0.25) is 0 Å². The summed E-state index contributed by atoms with van der Waals surface area (Å²) in [5.41, 5.74) is 3.29. The van der Waals surface area contributed by atoms with Gasteiger partial charge in [-0.15, -0.1) is 0 Å². The molecular formula is C27H30FN3O3. The van der Waals surface area contributed by atoms with Crippen molar-refractivity contribution in [3.8, 4) is 5.75 Å². The molecule has 0 aliphatic heterocycles. The van der Waals surface area contributed by atoms with E-state index in [1.807, 2.05) is 18.2 Å². The van der Waals surface area contributed by atoms with Crippen LogP contribution in [-0.4, -0.2) is 36.9 Å². The fraction of sp³-hybridized carbons (Fsp3) is 0.259. The second-order valence-electron chi connectivity index (χ2n) is 7.82. The molecule has 0 saturated heterocycles. The van der Waals surface area contributed by atoms with Crippen LogP contribution in [0.3, 0.4) is 0 Å². The summed E-state index contributed by atoms with van der Waals surface area (Å²) >= 11 is 0. The van der Waals surface area contributed by atoms with Crippen molar-refractivity contribution in [3.05, 3.63) is 94.8 Å². The van der Waals surface area contributed by atoms with Crippen LogP contribution >= 0.6 is 0 Å². The van der Waals surface area contributed by atoms with Gasteiger partial charge in [0.1, 0.15) is 11.6 Å². The van der Waals surface area contributed by atoms with Crippen LogP contribution in [0.1, 0.15) is 45.7 Å². The Morgan fingerprint density at radius 1 is 0.882 bits per heavy atom. The minimum Gasteiger partial charge on any atom is -0.497 e. The number of rotatable bonds is 10. The second-order valence-corrected chi connectivity index (χ2v) is 7.82. The van der Waals surface area contributed by atoms with Crippen molar-refractivity contribution in [2.45, 2.75) is 26.9 Å². The zero-order valence-electron chi connectivity index (χ0n) is 19.7. The van der Waals surface area contributed by atoms with Crippen molar-refractivity contribution >= 4 is 17.5 Å². The minimum atomic E-state index is -0.421. The van der Waals surface area contributed by atoms with Crippen LogP contribution in [0.5, 0.6) is 5.75 Å². The van der Waals surface area contributed by atoms with Crippen LogP contribution in [0.15, 0.2) is 66.7 Å². The summed E-state index contributed by atoms with van der Waals surface area (Å²) in [4.78, 5) is 27.8. The number of hydrogen-bond acceptors (Lipinski definition) is 4. The van der Waals surface area contributed by atoms with Gasteiger partial charge in [-0.25, -0.2) is 4.39 Å². The van der Waals surface area contributed by atoms with Crippen LogP contribution in [0, 0.1) is 5.82 Å². The van der Waals surface area contributed by atoms with Gasteiger partial charge in [0.2, 0.25) is 0 Å². The first-order valence-corrected chi connectivity index (χ1v) is 11.3. The molecule has 7 heteroatoms. The van der Waals surface area contributed by atoms with Crippen molar-refractivity contribution < 1.29 is 18.7 Å². The summed E-state index contributed by atoms with van der Waals surface area (Å²) in [6.45, 7) is 7.36. The number of amides is 2. The molecule has 0 heterocycles. The van der Waals surface area contributed by atoms with Gasteiger partial charge in [0, 0.05) is 36.0 Å². The van der Waals surface area contributed by atoms with Crippen molar-refractivity contribution in [2.24, 2.45) is 0 Å². The highest BCUT2D eigenvalue weighted by molar-refractivity contribution is 6.05. The second kappa shape index (κ2) is 12.0. The molecular weight excluding hydrogens is 433 g/mol. The van der Waals surface area contributed by atoms with E-state index in [9.17, 15) is 14.0 Å². The molecule has 0 spiro atoms. The molecule has 0 aromatic heterocycles. The Morgan fingerprint density at radius 3 is 2.21 bits per heavy atom. The third kappa shape index (κ3) is 6.65. The van der Waals surface area contributed by atoms with Gasteiger partial charge in [-0.2, -0.15) is 0 Å². The molecule has 0 bridgehead atoms. The smallest absolute Gasteiger partial charge is 0.255 e. The highest BCUT2D eigenvalue weighted by Crippen LogP contribution is 2.22. The molecule has 178 valence electrons. The number of halogens is 1. The number of nitrogens with zero attached hydrogens (tertiary/aromatic N) is 1. The molecule has 0 unspecified atom stereocenters. The van der Waals surface area contributed by atoms with Crippen LogP contribution in [0.25, 0.3) is 0 Å². The molecule has 3 aromatic rings. The van der Waals surface area contributed by atoms with Gasteiger partial charge in [-0.1, -0.05) is 38.1 Å². The molecule has 0 aliphatic rings. The first-order chi connectivity index (χ1) is 16.4. The Labute approximate surface area is 199 Å². The number of carbonyl (C=O) groups excluding carboxylic acids is 2. The van der Waals surface area contributed by atoms with E-state index in [4.69, 9.17) is 4.74 Å². The first kappa shape index (κ1) is 24.9. The van der Waals surface area contributed by atoms with E-state index in [1.165, 1.54) is 36.9 Å². The fourth-order valence-electron chi connectivity index (χ4n) is 3.57. The Hall–Kier alpha value is -3.71. The molecule has 2 amide bonds. The van der Waals surface area contributed by atoms with Gasteiger partial charge in [0.25, 0.3) is 11.8 Å². The summed E-state index contributed by atoms with van der Waals surface area (Å²) in [6.07, 6.45) is 0. The van der Waals surface area contributed by atoms with Crippen molar-refractivity contribution in [1.29, 1.82) is 0 Å². The highest BCUT2D eigenvalue weighted by atomic mass is 19.1. The molecule has 0 saturated carbocycles. The molecule has 3 aromatic carbocycles. The van der Waals surface area contributed by atoms with Gasteiger partial charge < -0.3 is 15.4 Å². The Balaban J connectivity index is 1.73. The van der Waals surface area contributed by atoms with Crippen molar-refractivity contribution in [3.63, 3.8) is 0 Å². The van der Waals surface area contributed by atoms with E-state index in [1.54, 1.807) is 18.2 Å². The maximum atomic E-state index is 13.1. The van der Waals surface area contributed by atoms with Crippen molar-refractivity contribution in [2.75, 3.05) is 25.5 Å². The largest absolute Gasteiger partial charge is 0.497 e. The molecule has 0 radical (unpaired) electrons. The average molecular weight is 464 g/mol. The monoisotopic (exact) mass is 463 g/mol. The van der Waals surface area contributed by atoms with Crippen LogP contribution < -0.4 is 15.4 Å². The third-order valence-corrected chi connectivity index (χ3v) is 5.61. The minimum absolute atomic E-state index is 0.283. The predicted octanol–water partition coefficient (Wildman–Crippen LogP) is 4.86. The van der Waals surface area contributed by atoms with Crippen LogP contribution in [0.4, 0.5) is 10.1 Å². The molecule has 3 rings (SSSR count). The number of methoxy groups -OCH3 is 1. The molecule has 2 N–H and O–H groups in total. The predicted molar refractivity (Wildman–Crippen MR) is 132 cm³/mol. The van der Waals surface area contributed by atoms with E-state index in [2.05, 4.69) is 35.4 Å². The quantitative estimate of drug-likeness (QED) is 0.451. The average Bonchev–Trinajstić information content (AvgIpc) is 2.86. The molecule has 34 heavy (non-hydrogen) atoms. The van der Waals surface area contributed by atoms with Gasteiger partial charge in [-0.05, 0) is 60.6 Å². The molecule has 0 fully saturated rings. The van der Waals surface area contributed by atoms with Gasteiger partial charge in [0.05, 0.1) is 7.11 Å². The topological polar surface area (TPSA) is 70.7 Å². The molecule has 0 aliphatic carbocycles. The van der Waals surface area contributed by atoms with E-state index < -0.39 is 11.7 Å². The van der Waals surface area contributed by atoms with Gasteiger partial charge in [-0.3, -0.25) is 14.5 Å². The normalized spacial score (nSPS) is 10.7. The lowest BCUT2D eigenvalue weighted by Crippen LogP contribution is -2.26. The van der Waals surface area contributed by atoms with Crippen LogP contribution in [-0.2, 0) is 13.1 Å². The van der Waals surface area contributed by atoms with E-state index >= 15 is 0 Å². The Bertz CT molecular complexity index is 1130. The van der Waals surface area contributed by atoms with E-state index in [0.29, 0.717) is 29.1 Å². The zero-order valence-corrected chi connectivity index (χ0v) is 19.7. The summed E-state index contributed by atoms with van der Waals surface area (Å²) in [5, 5.41) is 5.71. The lowest BCUT2D eigenvalue weighted by molar-refractivity contribution is 0.0949. The summed E-state index contributed by atoms with van der Waals surface area (Å²) in [7, 11) is 1.49. The number of anilines is 1. The maximum Gasteiger partial charge on any atom is 0.255 e. The summed E-state index contributed by atoms with van der Waals surface area (Å²) in [5.74, 6) is -0.682. The number of ether oxygens (including phenoxy) is 1. The third-order valence-electron chi connectivity index (χ3n) is 5.61. The first-order valence-electron chi connectivity index (χ1n) is 11.3. The van der Waals surface area contributed by atoms with E-state index in [0.717, 1.165) is 25.2 Å². The summed E-state index contributed by atoms with van der Waals surface area (Å²) < 4.78 is 18.5. The number of carbonyl (C=O) groups is 2. The molecule has 6 nitrogen and oxygen atoms in total.